The molecular formula is C20H30N4O3. The molecule has 148 valence electrons. The first-order valence-corrected chi connectivity index (χ1v) is 9.93. The minimum absolute atomic E-state index is 0.0592. The monoisotopic (exact) mass is 374 g/mol. The number of methoxy groups -OCH3 is 1. The number of nitrogens with zero attached hydrogens (tertiary/aromatic N) is 3. The van der Waals surface area contributed by atoms with Crippen molar-refractivity contribution in [3.63, 3.8) is 0 Å². The van der Waals surface area contributed by atoms with E-state index < -0.39 is 0 Å². The maximum absolute atomic E-state index is 13.1. The van der Waals surface area contributed by atoms with Crippen LogP contribution in [-0.2, 0) is 28.9 Å². The van der Waals surface area contributed by atoms with E-state index in [0.29, 0.717) is 25.2 Å². The normalized spacial score (nSPS) is 19.4. The second-order valence-electron chi connectivity index (χ2n) is 7.32. The SMILES string of the molecule is C=CCn1nc(C(=O)N2CCCCC2)c2c1CCC(NCCC(=O)OC)C2. The highest BCUT2D eigenvalue weighted by Crippen LogP contribution is 2.27. The number of hydrogen-bond donors (Lipinski definition) is 1. The number of nitrogens with one attached hydrogen (secondary N) is 1. The van der Waals surface area contributed by atoms with Gasteiger partial charge >= 0.3 is 5.97 Å². The van der Waals surface area contributed by atoms with Crippen molar-refractivity contribution < 1.29 is 14.3 Å². The number of esters is 1. The summed E-state index contributed by atoms with van der Waals surface area (Å²) in [7, 11) is 1.40. The molecular weight excluding hydrogens is 344 g/mol. The molecule has 1 saturated heterocycles. The molecule has 1 fully saturated rings. The third kappa shape index (κ3) is 4.58. The topological polar surface area (TPSA) is 76.5 Å². The van der Waals surface area contributed by atoms with Crippen LogP contribution in [0.4, 0.5) is 0 Å². The van der Waals surface area contributed by atoms with E-state index in [-0.39, 0.29) is 17.9 Å². The zero-order valence-electron chi connectivity index (χ0n) is 16.2. The molecule has 2 aliphatic rings. The Bertz CT molecular complexity index is 692. The van der Waals surface area contributed by atoms with Gasteiger partial charge in [0.25, 0.3) is 5.91 Å². The Labute approximate surface area is 160 Å². The van der Waals surface area contributed by atoms with Gasteiger partial charge in [-0.25, -0.2) is 0 Å². The molecule has 0 spiro atoms. The van der Waals surface area contributed by atoms with Crippen molar-refractivity contribution in [3.8, 4) is 0 Å². The lowest BCUT2D eigenvalue weighted by Gasteiger charge is -2.27. The van der Waals surface area contributed by atoms with Crippen LogP contribution in [0.5, 0.6) is 0 Å². The number of likely N-dealkylation sites (tertiary alicyclic amines) is 1. The summed E-state index contributed by atoms with van der Waals surface area (Å²) in [6, 6.07) is 0.247. The van der Waals surface area contributed by atoms with E-state index >= 15 is 0 Å². The van der Waals surface area contributed by atoms with Gasteiger partial charge in [-0.3, -0.25) is 14.3 Å². The van der Waals surface area contributed by atoms with Crippen molar-refractivity contribution >= 4 is 11.9 Å². The van der Waals surface area contributed by atoms with Gasteiger partial charge in [0.2, 0.25) is 0 Å². The number of fused-ring (bicyclic) bond motifs is 1. The number of amides is 1. The third-order valence-electron chi connectivity index (χ3n) is 5.48. The Balaban J connectivity index is 1.74. The van der Waals surface area contributed by atoms with Crippen LogP contribution in [-0.4, -0.2) is 59.3 Å². The summed E-state index contributed by atoms with van der Waals surface area (Å²) >= 11 is 0. The lowest BCUT2D eigenvalue weighted by Crippen LogP contribution is -2.38. The van der Waals surface area contributed by atoms with Crippen molar-refractivity contribution in [3.05, 3.63) is 29.6 Å². The number of ether oxygens (including phenoxy) is 1. The second kappa shape index (κ2) is 9.17. The quantitative estimate of drug-likeness (QED) is 0.581. The standard InChI is InChI=1S/C20H30N4O3/c1-3-11-24-17-8-7-15(21-10-9-18(25)27-2)14-16(17)19(22-24)20(26)23-12-5-4-6-13-23/h3,15,21H,1,4-14H2,2H3. The number of hydrogen-bond acceptors (Lipinski definition) is 5. The van der Waals surface area contributed by atoms with Crippen LogP contribution in [0, 0.1) is 0 Å². The molecule has 1 aromatic heterocycles. The van der Waals surface area contributed by atoms with E-state index in [2.05, 4.69) is 17.0 Å². The van der Waals surface area contributed by atoms with Gasteiger partial charge in [0.05, 0.1) is 20.1 Å². The Morgan fingerprint density at radius 2 is 2.11 bits per heavy atom. The average molecular weight is 374 g/mol. The highest BCUT2D eigenvalue weighted by molar-refractivity contribution is 5.94. The molecule has 1 aliphatic heterocycles. The second-order valence-corrected chi connectivity index (χ2v) is 7.32. The smallest absolute Gasteiger partial charge is 0.306 e. The Morgan fingerprint density at radius 1 is 1.33 bits per heavy atom. The molecule has 0 bridgehead atoms. The van der Waals surface area contributed by atoms with Crippen molar-refractivity contribution in [2.75, 3.05) is 26.7 Å². The van der Waals surface area contributed by atoms with Crippen LogP contribution in [0.3, 0.4) is 0 Å². The fraction of sp³-hybridized carbons (Fsp3) is 0.650. The molecule has 1 amide bonds. The van der Waals surface area contributed by atoms with Crippen molar-refractivity contribution in [1.29, 1.82) is 0 Å². The van der Waals surface area contributed by atoms with Gasteiger partial charge in [0.1, 0.15) is 0 Å². The van der Waals surface area contributed by atoms with Crippen LogP contribution < -0.4 is 5.32 Å². The van der Waals surface area contributed by atoms with Gasteiger partial charge in [-0.2, -0.15) is 5.10 Å². The Hall–Kier alpha value is -2.15. The third-order valence-corrected chi connectivity index (χ3v) is 5.48. The molecule has 0 radical (unpaired) electrons. The summed E-state index contributed by atoms with van der Waals surface area (Å²) in [5.41, 5.74) is 2.82. The van der Waals surface area contributed by atoms with Gasteiger partial charge in [-0.1, -0.05) is 6.08 Å². The fourth-order valence-corrected chi connectivity index (χ4v) is 4.03. The molecule has 2 heterocycles. The maximum atomic E-state index is 13.1. The van der Waals surface area contributed by atoms with Crippen LogP contribution in [0.25, 0.3) is 0 Å². The molecule has 0 aromatic carbocycles. The molecule has 1 atom stereocenters. The van der Waals surface area contributed by atoms with Crippen LogP contribution in [0.2, 0.25) is 0 Å². The molecule has 7 nitrogen and oxygen atoms in total. The predicted molar refractivity (Wildman–Crippen MR) is 103 cm³/mol. The highest BCUT2D eigenvalue weighted by atomic mass is 16.5. The van der Waals surface area contributed by atoms with E-state index in [1.54, 1.807) is 0 Å². The summed E-state index contributed by atoms with van der Waals surface area (Å²) < 4.78 is 6.63. The Kier molecular flexibility index (Phi) is 6.66. The molecule has 3 rings (SSSR count). The molecule has 1 aromatic rings. The van der Waals surface area contributed by atoms with Crippen LogP contribution >= 0.6 is 0 Å². The fourth-order valence-electron chi connectivity index (χ4n) is 4.03. The summed E-state index contributed by atoms with van der Waals surface area (Å²) in [6.07, 6.45) is 8.12. The van der Waals surface area contributed by atoms with E-state index in [0.717, 1.165) is 56.5 Å². The van der Waals surface area contributed by atoms with Crippen LogP contribution in [0.15, 0.2) is 12.7 Å². The Morgan fingerprint density at radius 3 is 2.81 bits per heavy atom. The van der Waals surface area contributed by atoms with Gasteiger partial charge in [-0.05, 0) is 38.5 Å². The van der Waals surface area contributed by atoms with E-state index in [9.17, 15) is 9.59 Å². The number of carbonyl (C=O) groups is 2. The summed E-state index contributed by atoms with van der Waals surface area (Å²) in [5.74, 6) is -0.150. The first-order valence-electron chi connectivity index (χ1n) is 9.93. The van der Waals surface area contributed by atoms with Crippen molar-refractivity contribution in [2.24, 2.45) is 0 Å². The lowest BCUT2D eigenvalue weighted by atomic mass is 9.91. The van der Waals surface area contributed by atoms with E-state index in [4.69, 9.17) is 4.74 Å². The average Bonchev–Trinajstić information content (AvgIpc) is 3.06. The number of allylic oxidation sites excluding steroid dienone is 1. The first-order chi connectivity index (χ1) is 13.1. The maximum Gasteiger partial charge on any atom is 0.306 e. The summed E-state index contributed by atoms with van der Waals surface area (Å²) in [6.45, 7) is 6.67. The van der Waals surface area contributed by atoms with Gasteiger partial charge < -0.3 is 15.0 Å². The minimum atomic E-state index is -0.209. The predicted octanol–water partition coefficient (Wildman–Crippen LogP) is 1.71. The van der Waals surface area contributed by atoms with Crippen molar-refractivity contribution in [1.82, 2.24) is 20.0 Å². The number of carbonyl (C=O) groups excluding carboxylic acids is 2. The molecule has 1 N–H and O–H groups in total. The molecule has 0 saturated carbocycles. The van der Waals surface area contributed by atoms with E-state index in [1.807, 2.05) is 15.7 Å². The molecule has 7 heteroatoms. The summed E-state index contributed by atoms with van der Waals surface area (Å²) in [5, 5.41) is 8.10. The largest absolute Gasteiger partial charge is 0.469 e. The zero-order chi connectivity index (χ0) is 19.2. The minimum Gasteiger partial charge on any atom is -0.469 e. The number of aromatic nitrogens is 2. The van der Waals surface area contributed by atoms with Crippen molar-refractivity contribution in [2.45, 2.75) is 57.5 Å². The molecule has 1 unspecified atom stereocenters. The van der Waals surface area contributed by atoms with Gasteiger partial charge in [0.15, 0.2) is 5.69 Å². The number of rotatable bonds is 7. The lowest BCUT2D eigenvalue weighted by molar-refractivity contribution is -0.140. The zero-order valence-corrected chi connectivity index (χ0v) is 16.2. The first kappa shape index (κ1) is 19.6. The van der Waals surface area contributed by atoms with Gasteiger partial charge in [0, 0.05) is 36.9 Å². The van der Waals surface area contributed by atoms with Gasteiger partial charge in [-0.15, -0.1) is 6.58 Å². The number of piperidine rings is 1. The molecule has 1 aliphatic carbocycles. The highest BCUT2D eigenvalue weighted by Gasteiger charge is 2.31. The molecule has 27 heavy (non-hydrogen) atoms. The van der Waals surface area contributed by atoms with Crippen LogP contribution in [0.1, 0.15) is 53.8 Å². The summed E-state index contributed by atoms with van der Waals surface area (Å²) in [4.78, 5) is 26.3. The van der Waals surface area contributed by atoms with E-state index in [1.165, 1.54) is 13.5 Å².